The van der Waals surface area contributed by atoms with Crippen molar-refractivity contribution in [3.8, 4) is 16.2 Å². The number of nitrogens with zero attached hydrogens (tertiary/aromatic N) is 1. The maximum absolute atomic E-state index is 12.6. The number of carbonyl (C=O) groups is 3. The Morgan fingerprint density at radius 1 is 0.949 bits per heavy atom. The van der Waals surface area contributed by atoms with Crippen molar-refractivity contribution in [1.29, 1.82) is 0 Å². The molecule has 0 spiro atoms. The van der Waals surface area contributed by atoms with Crippen LogP contribution < -0.4 is 16.5 Å². The molecule has 2 aromatic carbocycles. The summed E-state index contributed by atoms with van der Waals surface area (Å²) in [6.45, 7) is 1.95. The standard InChI is InChI=1S/C27H22Cl2N4O4S2/c1-14(18-13-38-25(24(18)35)17-6-7-19(28)20(29)11-17)32-33-27(37)22-9-8-21(39-22)26(36)31-12-16-4-2-15(3-5-16)10-23(30)34/h2-9,11,13,35H,10,12H2,1H3,(H2,30,34)(H,31,36)(H,33,37)/b32-14+. The Labute approximate surface area is 242 Å². The minimum atomic E-state index is -0.483. The molecule has 2 heterocycles. The number of aromatic hydroxyl groups is 1. The average Bonchev–Trinajstić information content (AvgIpc) is 3.55. The molecule has 0 atom stereocenters. The Bertz CT molecular complexity index is 1580. The third-order valence-electron chi connectivity index (χ3n) is 5.57. The molecule has 4 rings (SSSR count). The molecule has 0 saturated heterocycles. The number of benzene rings is 2. The maximum Gasteiger partial charge on any atom is 0.281 e. The van der Waals surface area contributed by atoms with E-state index in [0.717, 1.165) is 22.5 Å². The third-order valence-corrected chi connectivity index (χ3v) is 8.41. The van der Waals surface area contributed by atoms with E-state index in [-0.39, 0.29) is 24.6 Å². The molecule has 0 aliphatic carbocycles. The van der Waals surface area contributed by atoms with Gasteiger partial charge in [-0.1, -0.05) is 53.5 Å². The molecular formula is C27H22Cl2N4O4S2. The SMILES string of the molecule is C/C(=N\NC(=O)c1ccc(C(=O)NCc2ccc(CC(N)=O)cc2)s1)c1csc(-c2ccc(Cl)c(Cl)c2)c1O. The van der Waals surface area contributed by atoms with Gasteiger partial charge in [-0.3, -0.25) is 14.4 Å². The molecular weight excluding hydrogens is 579 g/mol. The predicted octanol–water partition coefficient (Wildman–Crippen LogP) is 5.60. The van der Waals surface area contributed by atoms with Gasteiger partial charge in [0, 0.05) is 11.9 Å². The molecule has 39 heavy (non-hydrogen) atoms. The molecule has 0 aliphatic rings. The van der Waals surface area contributed by atoms with Crippen molar-refractivity contribution in [2.24, 2.45) is 10.8 Å². The summed E-state index contributed by atoms with van der Waals surface area (Å²) >= 11 is 14.4. The second-order valence-electron chi connectivity index (χ2n) is 8.40. The number of halogens is 2. The first-order chi connectivity index (χ1) is 18.6. The summed E-state index contributed by atoms with van der Waals surface area (Å²) in [4.78, 5) is 37.5. The largest absolute Gasteiger partial charge is 0.506 e. The van der Waals surface area contributed by atoms with Crippen LogP contribution in [0.2, 0.25) is 10.0 Å². The molecule has 5 N–H and O–H groups in total. The van der Waals surface area contributed by atoms with E-state index in [0.29, 0.717) is 41.5 Å². The highest BCUT2D eigenvalue weighted by atomic mass is 35.5. The van der Waals surface area contributed by atoms with Crippen molar-refractivity contribution < 1.29 is 19.5 Å². The zero-order chi connectivity index (χ0) is 28.1. The smallest absolute Gasteiger partial charge is 0.281 e. The summed E-state index contributed by atoms with van der Waals surface area (Å²) in [6.07, 6.45) is 0.157. The summed E-state index contributed by atoms with van der Waals surface area (Å²) in [7, 11) is 0. The lowest BCUT2D eigenvalue weighted by atomic mass is 10.1. The van der Waals surface area contributed by atoms with E-state index in [4.69, 9.17) is 28.9 Å². The topological polar surface area (TPSA) is 134 Å². The Morgan fingerprint density at radius 2 is 1.62 bits per heavy atom. The summed E-state index contributed by atoms with van der Waals surface area (Å²) in [5, 5.41) is 20.2. The molecule has 8 nitrogen and oxygen atoms in total. The van der Waals surface area contributed by atoms with Crippen LogP contribution in [0.4, 0.5) is 0 Å². The van der Waals surface area contributed by atoms with Gasteiger partial charge in [0.2, 0.25) is 5.91 Å². The van der Waals surface area contributed by atoms with E-state index in [9.17, 15) is 19.5 Å². The van der Waals surface area contributed by atoms with Crippen LogP contribution in [0.1, 0.15) is 43.0 Å². The van der Waals surface area contributed by atoms with Gasteiger partial charge < -0.3 is 16.2 Å². The second kappa shape index (κ2) is 12.4. The Hall–Kier alpha value is -3.70. The Morgan fingerprint density at radius 3 is 2.28 bits per heavy atom. The number of hydrazone groups is 1. The van der Waals surface area contributed by atoms with Gasteiger partial charge in [0.15, 0.2) is 0 Å². The summed E-state index contributed by atoms with van der Waals surface area (Å²) in [6, 6.07) is 15.4. The van der Waals surface area contributed by atoms with E-state index in [1.807, 2.05) is 12.1 Å². The van der Waals surface area contributed by atoms with Gasteiger partial charge in [-0.2, -0.15) is 5.10 Å². The molecule has 0 unspecified atom stereocenters. The number of carbonyl (C=O) groups excluding carboxylic acids is 3. The van der Waals surface area contributed by atoms with Crippen LogP contribution in [0.5, 0.6) is 5.75 Å². The van der Waals surface area contributed by atoms with Gasteiger partial charge >= 0.3 is 0 Å². The zero-order valence-corrected chi connectivity index (χ0v) is 23.6. The number of hydrogen-bond acceptors (Lipinski definition) is 7. The fraction of sp³-hybridized carbons (Fsp3) is 0.111. The third kappa shape index (κ3) is 7.04. The van der Waals surface area contributed by atoms with E-state index in [2.05, 4.69) is 15.8 Å². The molecule has 0 radical (unpaired) electrons. The minimum Gasteiger partial charge on any atom is -0.506 e. The summed E-state index contributed by atoms with van der Waals surface area (Å²) < 4.78 is 0. The van der Waals surface area contributed by atoms with Crippen molar-refractivity contribution in [2.75, 3.05) is 0 Å². The van der Waals surface area contributed by atoms with Crippen molar-refractivity contribution in [3.63, 3.8) is 0 Å². The number of rotatable bonds is 9. The molecule has 4 aromatic rings. The highest BCUT2D eigenvalue weighted by molar-refractivity contribution is 7.16. The van der Waals surface area contributed by atoms with Crippen LogP contribution in [0.25, 0.3) is 10.4 Å². The normalized spacial score (nSPS) is 11.3. The zero-order valence-electron chi connectivity index (χ0n) is 20.5. The van der Waals surface area contributed by atoms with Gasteiger partial charge in [0.1, 0.15) is 5.75 Å². The van der Waals surface area contributed by atoms with E-state index in [1.165, 1.54) is 11.3 Å². The number of nitrogens with two attached hydrogens (primary N) is 1. The fourth-order valence-corrected chi connectivity index (χ4v) is 5.64. The van der Waals surface area contributed by atoms with Gasteiger partial charge in [-0.25, -0.2) is 5.43 Å². The number of primary amides is 1. The van der Waals surface area contributed by atoms with Gasteiger partial charge in [0.05, 0.1) is 42.4 Å². The molecule has 0 aliphatic heterocycles. The van der Waals surface area contributed by atoms with Crippen LogP contribution in [-0.4, -0.2) is 28.5 Å². The quantitative estimate of drug-likeness (QED) is 0.147. The van der Waals surface area contributed by atoms with Crippen LogP contribution in [0.3, 0.4) is 0 Å². The number of amides is 3. The Kier molecular flexibility index (Phi) is 9.03. The predicted molar refractivity (Wildman–Crippen MR) is 156 cm³/mol. The van der Waals surface area contributed by atoms with Crippen molar-refractivity contribution >= 4 is 69.3 Å². The lowest BCUT2D eigenvalue weighted by Gasteiger charge is -2.05. The van der Waals surface area contributed by atoms with Crippen LogP contribution in [0, 0.1) is 0 Å². The molecule has 2 aromatic heterocycles. The van der Waals surface area contributed by atoms with E-state index < -0.39 is 11.8 Å². The van der Waals surface area contributed by atoms with Crippen molar-refractivity contribution in [2.45, 2.75) is 19.9 Å². The molecule has 0 bridgehead atoms. The monoisotopic (exact) mass is 600 g/mol. The number of nitrogens with one attached hydrogen (secondary N) is 2. The number of hydrogen-bond donors (Lipinski definition) is 4. The van der Waals surface area contributed by atoms with Crippen LogP contribution in [-0.2, 0) is 17.8 Å². The summed E-state index contributed by atoms with van der Waals surface area (Å²) in [5.41, 5.74) is 10.9. The molecule has 200 valence electrons. The molecule has 12 heteroatoms. The van der Waals surface area contributed by atoms with E-state index in [1.54, 1.807) is 54.8 Å². The molecule has 3 amide bonds. The lowest BCUT2D eigenvalue weighted by Crippen LogP contribution is -2.22. The first-order valence-corrected chi connectivity index (χ1v) is 13.9. The summed E-state index contributed by atoms with van der Waals surface area (Å²) in [5.74, 6) is -1.19. The van der Waals surface area contributed by atoms with Crippen LogP contribution in [0.15, 0.2) is 65.1 Å². The highest BCUT2D eigenvalue weighted by Gasteiger charge is 2.17. The Balaban J connectivity index is 1.35. The molecule has 0 saturated carbocycles. The number of thiophene rings is 2. The average molecular weight is 602 g/mol. The van der Waals surface area contributed by atoms with Crippen LogP contribution >= 0.6 is 45.9 Å². The maximum atomic E-state index is 12.6. The van der Waals surface area contributed by atoms with Gasteiger partial charge in [-0.15, -0.1) is 22.7 Å². The van der Waals surface area contributed by atoms with Crippen molar-refractivity contribution in [3.05, 3.63) is 96.5 Å². The highest BCUT2D eigenvalue weighted by Crippen LogP contribution is 2.40. The first kappa shape index (κ1) is 28.3. The fourth-order valence-electron chi connectivity index (χ4n) is 3.53. The van der Waals surface area contributed by atoms with E-state index >= 15 is 0 Å². The van der Waals surface area contributed by atoms with Gasteiger partial charge in [0.25, 0.3) is 11.8 Å². The van der Waals surface area contributed by atoms with Gasteiger partial charge in [-0.05, 0) is 47.9 Å². The van der Waals surface area contributed by atoms with Crippen molar-refractivity contribution in [1.82, 2.24) is 10.7 Å². The minimum absolute atomic E-state index is 0.0199. The molecule has 0 fully saturated rings. The second-order valence-corrected chi connectivity index (χ2v) is 11.2. The first-order valence-electron chi connectivity index (χ1n) is 11.5. The lowest BCUT2D eigenvalue weighted by molar-refractivity contribution is -0.117.